The highest BCUT2D eigenvalue weighted by Gasteiger charge is 2.01. The Morgan fingerprint density at radius 3 is 2.76 bits per heavy atom. The van der Waals surface area contributed by atoms with Gasteiger partial charge in [-0.3, -0.25) is 4.79 Å². The third-order valence-corrected chi connectivity index (χ3v) is 2.76. The molecule has 0 amide bonds. The molecular formula is C13H22N2O2. The molecule has 96 valence electrons. The number of hydrogen-bond donors (Lipinski definition) is 0. The molecule has 0 aromatic carbocycles. The molecule has 1 heterocycles. The minimum atomic E-state index is -0.0713. The zero-order valence-electron chi connectivity index (χ0n) is 10.8. The van der Waals surface area contributed by atoms with Gasteiger partial charge in [0.05, 0.1) is 6.61 Å². The number of aromatic nitrogens is 2. The van der Waals surface area contributed by atoms with Crippen LogP contribution in [0.2, 0.25) is 0 Å². The molecule has 0 saturated heterocycles. The van der Waals surface area contributed by atoms with Crippen LogP contribution in [0.5, 0.6) is 0 Å². The quantitative estimate of drug-likeness (QED) is 0.516. The number of hydrogen-bond acceptors (Lipinski definition) is 3. The molecule has 4 nitrogen and oxygen atoms in total. The van der Waals surface area contributed by atoms with Gasteiger partial charge in [-0.1, -0.05) is 12.8 Å². The van der Waals surface area contributed by atoms with E-state index in [-0.39, 0.29) is 5.97 Å². The number of unbranched alkanes of at least 4 members (excludes halogenated alkanes) is 3. The lowest BCUT2D eigenvalue weighted by molar-refractivity contribution is -0.143. The van der Waals surface area contributed by atoms with E-state index in [4.69, 9.17) is 4.74 Å². The fourth-order valence-electron chi connectivity index (χ4n) is 1.78. The minimum Gasteiger partial charge on any atom is -0.466 e. The molecule has 0 aliphatic carbocycles. The Hall–Kier alpha value is -1.32. The van der Waals surface area contributed by atoms with Crippen LogP contribution in [0.1, 0.15) is 44.9 Å². The van der Waals surface area contributed by atoms with Crippen molar-refractivity contribution in [2.24, 2.45) is 0 Å². The molecule has 17 heavy (non-hydrogen) atoms. The molecule has 0 N–H and O–H groups in total. The topological polar surface area (TPSA) is 44.1 Å². The van der Waals surface area contributed by atoms with Gasteiger partial charge in [-0.05, 0) is 26.7 Å². The Kier molecular flexibility index (Phi) is 6.37. The maximum atomic E-state index is 11.1. The van der Waals surface area contributed by atoms with Crippen molar-refractivity contribution < 1.29 is 9.53 Å². The second-order valence-corrected chi connectivity index (χ2v) is 4.14. The first-order valence-corrected chi connectivity index (χ1v) is 6.37. The second kappa shape index (κ2) is 7.87. The van der Waals surface area contributed by atoms with Crippen molar-refractivity contribution in [2.75, 3.05) is 6.61 Å². The molecule has 0 aliphatic rings. The van der Waals surface area contributed by atoms with E-state index in [0.29, 0.717) is 13.0 Å². The summed E-state index contributed by atoms with van der Waals surface area (Å²) in [7, 11) is 0. The molecule has 1 rings (SSSR count). The summed E-state index contributed by atoms with van der Waals surface area (Å²) in [6.07, 6.45) is 8.70. The highest BCUT2D eigenvalue weighted by molar-refractivity contribution is 5.69. The molecule has 0 radical (unpaired) electrons. The number of carbonyl (C=O) groups is 1. The van der Waals surface area contributed by atoms with Gasteiger partial charge in [0.25, 0.3) is 0 Å². The van der Waals surface area contributed by atoms with Crippen LogP contribution >= 0.6 is 0 Å². The van der Waals surface area contributed by atoms with E-state index in [2.05, 4.69) is 9.55 Å². The Balaban J connectivity index is 1.98. The first kappa shape index (κ1) is 13.7. The summed E-state index contributed by atoms with van der Waals surface area (Å²) in [5.41, 5.74) is 0. The number of ether oxygens (including phenoxy) is 1. The van der Waals surface area contributed by atoms with Gasteiger partial charge in [-0.25, -0.2) is 4.98 Å². The van der Waals surface area contributed by atoms with Crippen LogP contribution in [0.3, 0.4) is 0 Å². The fraction of sp³-hybridized carbons (Fsp3) is 0.692. The number of rotatable bonds is 8. The van der Waals surface area contributed by atoms with Crippen LogP contribution in [0.15, 0.2) is 12.4 Å². The van der Waals surface area contributed by atoms with Gasteiger partial charge < -0.3 is 9.30 Å². The first-order valence-electron chi connectivity index (χ1n) is 6.37. The summed E-state index contributed by atoms with van der Waals surface area (Å²) in [5.74, 6) is 0.995. The van der Waals surface area contributed by atoms with Gasteiger partial charge in [0.2, 0.25) is 0 Å². The number of esters is 1. The maximum Gasteiger partial charge on any atom is 0.305 e. The number of imidazole rings is 1. The lowest BCUT2D eigenvalue weighted by atomic mass is 10.1. The van der Waals surface area contributed by atoms with Crippen molar-refractivity contribution in [3.63, 3.8) is 0 Å². The number of carbonyl (C=O) groups excluding carboxylic acids is 1. The standard InChI is InChI=1S/C13H22N2O2/c1-3-17-13(16)8-6-4-5-7-10-15-11-9-14-12(15)2/h9,11H,3-8,10H2,1-2H3. The predicted molar refractivity (Wildman–Crippen MR) is 66.7 cm³/mol. The van der Waals surface area contributed by atoms with Gasteiger partial charge in [-0.15, -0.1) is 0 Å². The van der Waals surface area contributed by atoms with E-state index >= 15 is 0 Å². The summed E-state index contributed by atoms with van der Waals surface area (Å²) in [5, 5.41) is 0. The number of nitrogens with zero attached hydrogens (tertiary/aromatic N) is 2. The maximum absolute atomic E-state index is 11.1. The Bertz CT molecular complexity index is 334. The van der Waals surface area contributed by atoms with Crippen molar-refractivity contribution in [3.05, 3.63) is 18.2 Å². The molecule has 0 aliphatic heterocycles. The van der Waals surface area contributed by atoms with Crippen LogP contribution < -0.4 is 0 Å². The van der Waals surface area contributed by atoms with Crippen molar-refractivity contribution in [2.45, 2.75) is 52.5 Å². The summed E-state index contributed by atoms with van der Waals surface area (Å²) < 4.78 is 7.03. The molecule has 0 atom stereocenters. The Morgan fingerprint density at radius 2 is 2.12 bits per heavy atom. The minimum absolute atomic E-state index is 0.0713. The molecule has 0 bridgehead atoms. The van der Waals surface area contributed by atoms with E-state index in [1.165, 1.54) is 0 Å². The summed E-state index contributed by atoms with van der Waals surface area (Å²) in [6, 6.07) is 0. The number of aryl methyl sites for hydroxylation is 2. The van der Waals surface area contributed by atoms with Crippen LogP contribution in [0.25, 0.3) is 0 Å². The fourth-order valence-corrected chi connectivity index (χ4v) is 1.78. The largest absolute Gasteiger partial charge is 0.466 e. The third-order valence-electron chi connectivity index (χ3n) is 2.76. The Labute approximate surface area is 103 Å². The first-order chi connectivity index (χ1) is 8.24. The molecule has 0 unspecified atom stereocenters. The smallest absolute Gasteiger partial charge is 0.305 e. The highest BCUT2D eigenvalue weighted by Crippen LogP contribution is 2.06. The predicted octanol–water partition coefficient (Wildman–Crippen LogP) is 2.71. The molecule has 1 aromatic rings. The average molecular weight is 238 g/mol. The average Bonchev–Trinajstić information content (AvgIpc) is 2.70. The highest BCUT2D eigenvalue weighted by atomic mass is 16.5. The third kappa shape index (κ3) is 5.52. The van der Waals surface area contributed by atoms with Gasteiger partial charge >= 0.3 is 5.97 Å². The molecule has 0 fully saturated rings. The molecule has 0 saturated carbocycles. The summed E-state index contributed by atoms with van der Waals surface area (Å²) in [6.45, 7) is 5.36. The van der Waals surface area contributed by atoms with Crippen molar-refractivity contribution >= 4 is 5.97 Å². The molecule has 1 aromatic heterocycles. The summed E-state index contributed by atoms with van der Waals surface area (Å²) >= 11 is 0. The monoisotopic (exact) mass is 238 g/mol. The van der Waals surface area contributed by atoms with Crippen LogP contribution in [0.4, 0.5) is 0 Å². The van der Waals surface area contributed by atoms with Crippen LogP contribution in [0, 0.1) is 6.92 Å². The van der Waals surface area contributed by atoms with E-state index in [1.54, 1.807) is 0 Å². The van der Waals surface area contributed by atoms with E-state index in [1.807, 2.05) is 26.2 Å². The van der Waals surface area contributed by atoms with E-state index in [9.17, 15) is 4.79 Å². The van der Waals surface area contributed by atoms with Gasteiger partial charge in [0, 0.05) is 25.4 Å². The lowest BCUT2D eigenvalue weighted by Gasteiger charge is -2.05. The normalized spacial score (nSPS) is 10.5. The SMILES string of the molecule is CCOC(=O)CCCCCCn1ccnc1C. The van der Waals surface area contributed by atoms with Gasteiger partial charge in [0.1, 0.15) is 5.82 Å². The molecule has 0 spiro atoms. The van der Waals surface area contributed by atoms with Crippen molar-refractivity contribution in [1.82, 2.24) is 9.55 Å². The van der Waals surface area contributed by atoms with Crippen LogP contribution in [-0.4, -0.2) is 22.1 Å². The van der Waals surface area contributed by atoms with Crippen LogP contribution in [-0.2, 0) is 16.1 Å². The van der Waals surface area contributed by atoms with Gasteiger partial charge in [0.15, 0.2) is 0 Å². The van der Waals surface area contributed by atoms with E-state index < -0.39 is 0 Å². The zero-order chi connectivity index (χ0) is 12.5. The molecule has 4 heteroatoms. The Morgan fingerprint density at radius 1 is 1.35 bits per heavy atom. The van der Waals surface area contributed by atoms with Crippen molar-refractivity contribution in [1.29, 1.82) is 0 Å². The lowest BCUT2D eigenvalue weighted by Crippen LogP contribution is -2.03. The van der Waals surface area contributed by atoms with Gasteiger partial charge in [-0.2, -0.15) is 0 Å². The summed E-state index contributed by atoms with van der Waals surface area (Å²) in [4.78, 5) is 15.2. The molecular weight excluding hydrogens is 216 g/mol. The second-order valence-electron chi connectivity index (χ2n) is 4.14. The van der Waals surface area contributed by atoms with E-state index in [0.717, 1.165) is 38.1 Å². The van der Waals surface area contributed by atoms with Crippen molar-refractivity contribution in [3.8, 4) is 0 Å². The zero-order valence-corrected chi connectivity index (χ0v) is 10.8.